The molecule has 0 aromatic heterocycles. The number of carbonyl (C=O) groups excluding carboxylic acids is 2. The zero-order valence-corrected chi connectivity index (χ0v) is 19.2. The monoisotopic (exact) mass is 434 g/mol. The van der Waals surface area contributed by atoms with E-state index in [1.807, 2.05) is 6.07 Å². The number of hydrogen-bond donors (Lipinski definition) is 2. The largest absolute Gasteiger partial charge is 0.353 e. The molecule has 1 aliphatic heterocycles. The first kappa shape index (κ1) is 24.0. The van der Waals surface area contributed by atoms with Crippen molar-refractivity contribution in [3.8, 4) is 6.07 Å². The molecule has 1 heterocycles. The molecule has 4 fully saturated rings. The van der Waals surface area contributed by atoms with Gasteiger partial charge in [-0.05, 0) is 51.9 Å². The molecule has 0 aromatic rings. The number of unbranched alkanes of at least 4 members (excludes halogenated alkanes) is 3. The van der Waals surface area contributed by atoms with Crippen LogP contribution in [0, 0.1) is 16.7 Å². The molecule has 4 aliphatic rings. The normalized spacial score (nSPS) is 33.2. The molecule has 31 heavy (non-hydrogen) atoms. The highest BCUT2D eigenvalue weighted by atomic mass is 19.1. The van der Waals surface area contributed by atoms with Crippen molar-refractivity contribution in [1.29, 1.82) is 5.26 Å². The second-order valence-corrected chi connectivity index (χ2v) is 10.2. The maximum Gasteiger partial charge on any atom is 0.237 e. The number of rotatable bonds is 10. The van der Waals surface area contributed by atoms with Crippen LogP contribution in [0.5, 0.6) is 0 Å². The summed E-state index contributed by atoms with van der Waals surface area (Å²) in [6.07, 6.45) is 10.1. The average Bonchev–Trinajstić information content (AvgIpc) is 3.17. The molecule has 2 N–H and O–H groups in total. The number of hydrogen-bond acceptors (Lipinski definition) is 4. The fourth-order valence-corrected chi connectivity index (χ4v) is 5.67. The van der Waals surface area contributed by atoms with E-state index < -0.39 is 12.2 Å². The summed E-state index contributed by atoms with van der Waals surface area (Å²) in [6.45, 7) is 4.47. The number of fused-ring (bicyclic) bond motifs is 3. The molecule has 0 aromatic carbocycles. The van der Waals surface area contributed by atoms with E-state index in [4.69, 9.17) is 5.26 Å². The number of nitriles is 1. The molecule has 7 heteroatoms. The Morgan fingerprint density at radius 3 is 2.45 bits per heavy atom. The minimum absolute atomic E-state index is 0.0195. The highest BCUT2D eigenvalue weighted by Gasteiger charge is 2.52. The molecule has 1 saturated heterocycles. The summed E-state index contributed by atoms with van der Waals surface area (Å²) in [4.78, 5) is 27.0. The third-order valence-corrected chi connectivity index (χ3v) is 7.93. The molecular formula is C24H39FN4O2. The first-order valence-corrected chi connectivity index (χ1v) is 12.2. The Kier molecular flexibility index (Phi) is 7.96. The molecular weight excluding hydrogens is 395 g/mol. The molecule has 2 bridgehead atoms. The van der Waals surface area contributed by atoms with Gasteiger partial charge in [0.2, 0.25) is 11.8 Å². The van der Waals surface area contributed by atoms with Crippen LogP contribution in [0.15, 0.2) is 0 Å². The summed E-state index contributed by atoms with van der Waals surface area (Å²) in [6, 6.07) is 1.60. The van der Waals surface area contributed by atoms with Crippen molar-refractivity contribution in [2.75, 3.05) is 13.1 Å². The van der Waals surface area contributed by atoms with Gasteiger partial charge in [-0.3, -0.25) is 9.59 Å². The lowest BCUT2D eigenvalue weighted by Gasteiger charge is -2.53. The fourth-order valence-electron chi connectivity index (χ4n) is 5.67. The van der Waals surface area contributed by atoms with Gasteiger partial charge in [0.05, 0.1) is 19.2 Å². The molecule has 3 saturated carbocycles. The Balaban J connectivity index is 1.45. The van der Waals surface area contributed by atoms with Gasteiger partial charge in [-0.15, -0.1) is 0 Å². The molecule has 4 rings (SSSR count). The second kappa shape index (κ2) is 10.3. The Bertz CT molecular complexity index is 667. The van der Waals surface area contributed by atoms with E-state index in [1.165, 1.54) is 24.2 Å². The Morgan fingerprint density at radius 2 is 1.84 bits per heavy atom. The van der Waals surface area contributed by atoms with E-state index in [-0.39, 0.29) is 48.3 Å². The summed E-state index contributed by atoms with van der Waals surface area (Å²) >= 11 is 0. The van der Waals surface area contributed by atoms with Crippen molar-refractivity contribution in [3.63, 3.8) is 0 Å². The van der Waals surface area contributed by atoms with E-state index in [0.717, 1.165) is 51.4 Å². The Labute approximate surface area is 186 Å². The number of alkyl halides is 1. The summed E-state index contributed by atoms with van der Waals surface area (Å²) in [5, 5.41) is 15.9. The minimum Gasteiger partial charge on any atom is -0.353 e. The van der Waals surface area contributed by atoms with Crippen LogP contribution in [-0.4, -0.2) is 53.6 Å². The minimum atomic E-state index is -1.11. The predicted molar refractivity (Wildman–Crippen MR) is 118 cm³/mol. The van der Waals surface area contributed by atoms with Crippen LogP contribution in [0.4, 0.5) is 4.39 Å². The topological polar surface area (TPSA) is 85.2 Å². The van der Waals surface area contributed by atoms with E-state index in [9.17, 15) is 14.0 Å². The highest BCUT2D eigenvalue weighted by molar-refractivity contribution is 5.83. The third kappa shape index (κ3) is 5.58. The van der Waals surface area contributed by atoms with Crippen molar-refractivity contribution in [3.05, 3.63) is 0 Å². The van der Waals surface area contributed by atoms with Gasteiger partial charge in [-0.2, -0.15) is 5.26 Å². The first-order chi connectivity index (χ1) is 14.8. The molecule has 3 aliphatic carbocycles. The zero-order valence-electron chi connectivity index (χ0n) is 19.2. The van der Waals surface area contributed by atoms with Crippen molar-refractivity contribution < 1.29 is 14.0 Å². The summed E-state index contributed by atoms with van der Waals surface area (Å²) in [7, 11) is 0. The van der Waals surface area contributed by atoms with Crippen LogP contribution < -0.4 is 10.6 Å². The first-order valence-electron chi connectivity index (χ1n) is 12.2. The van der Waals surface area contributed by atoms with Crippen molar-refractivity contribution in [1.82, 2.24) is 15.5 Å². The summed E-state index contributed by atoms with van der Waals surface area (Å²) in [5.41, 5.74) is -0.367. The van der Waals surface area contributed by atoms with Crippen LogP contribution in [0.1, 0.15) is 90.9 Å². The maximum atomic E-state index is 13.6. The lowest BCUT2D eigenvalue weighted by molar-refractivity contribution is -0.140. The molecule has 174 valence electrons. The SMILES string of the molecule is CCCCCC[C@@H](C)NC(=O)C12CCC(NCC(=O)N3C[C@@H](F)C[C@H]3C#N)(CC1)CC2. The predicted octanol–water partition coefficient (Wildman–Crippen LogP) is 3.61. The Morgan fingerprint density at radius 1 is 1.16 bits per heavy atom. The van der Waals surface area contributed by atoms with Crippen LogP contribution in [0.2, 0.25) is 0 Å². The standard InChI is InChI=1S/C24H39FN4O2/c1-3-4-5-6-7-18(2)28-22(31)23-8-11-24(12-9-23,13-10-23)27-16-21(30)29-17-19(25)14-20(29)15-26/h18-20,27H,3-14,16-17H2,1-2H3,(H,28,31)/t18-,19+,20+,23?,24?/m1/s1. The number of amides is 2. The maximum absolute atomic E-state index is 13.6. The van der Waals surface area contributed by atoms with Gasteiger partial charge in [0, 0.05) is 23.4 Å². The van der Waals surface area contributed by atoms with Crippen LogP contribution in [0.3, 0.4) is 0 Å². The molecule has 0 spiro atoms. The van der Waals surface area contributed by atoms with Gasteiger partial charge >= 0.3 is 0 Å². The van der Waals surface area contributed by atoms with Gasteiger partial charge < -0.3 is 15.5 Å². The molecule has 2 amide bonds. The molecule has 0 unspecified atom stereocenters. The lowest BCUT2D eigenvalue weighted by atomic mass is 9.57. The van der Waals surface area contributed by atoms with E-state index >= 15 is 0 Å². The van der Waals surface area contributed by atoms with Gasteiger partial charge in [0.1, 0.15) is 12.2 Å². The van der Waals surface area contributed by atoms with Crippen LogP contribution >= 0.6 is 0 Å². The van der Waals surface area contributed by atoms with Crippen molar-refractivity contribution >= 4 is 11.8 Å². The van der Waals surface area contributed by atoms with Crippen molar-refractivity contribution in [2.24, 2.45) is 5.41 Å². The number of nitrogens with zero attached hydrogens (tertiary/aromatic N) is 2. The number of carbonyl (C=O) groups is 2. The molecule has 6 nitrogen and oxygen atoms in total. The number of nitrogens with one attached hydrogen (secondary N) is 2. The highest BCUT2D eigenvalue weighted by Crippen LogP contribution is 2.52. The number of likely N-dealkylation sites (tertiary alicyclic amines) is 1. The van der Waals surface area contributed by atoms with Gasteiger partial charge in [0.15, 0.2) is 0 Å². The second-order valence-electron chi connectivity index (χ2n) is 10.2. The van der Waals surface area contributed by atoms with E-state index in [0.29, 0.717) is 0 Å². The number of halogens is 1. The summed E-state index contributed by atoms with van der Waals surface area (Å²) < 4.78 is 13.6. The lowest BCUT2D eigenvalue weighted by Crippen LogP contribution is -2.60. The fraction of sp³-hybridized carbons (Fsp3) is 0.875. The zero-order chi connectivity index (χ0) is 22.5. The third-order valence-electron chi connectivity index (χ3n) is 7.93. The van der Waals surface area contributed by atoms with Crippen LogP contribution in [0.25, 0.3) is 0 Å². The van der Waals surface area contributed by atoms with Crippen molar-refractivity contribution in [2.45, 2.75) is 115 Å². The quantitative estimate of drug-likeness (QED) is 0.515. The average molecular weight is 435 g/mol. The molecule has 0 radical (unpaired) electrons. The smallest absolute Gasteiger partial charge is 0.237 e. The van der Waals surface area contributed by atoms with E-state index in [2.05, 4.69) is 24.5 Å². The summed E-state index contributed by atoms with van der Waals surface area (Å²) in [5.74, 6) is 0.0147. The van der Waals surface area contributed by atoms with Gasteiger partial charge in [0.25, 0.3) is 0 Å². The molecule has 3 atom stereocenters. The van der Waals surface area contributed by atoms with E-state index in [1.54, 1.807) is 0 Å². The van der Waals surface area contributed by atoms with Crippen LogP contribution in [-0.2, 0) is 9.59 Å². The van der Waals surface area contributed by atoms with Gasteiger partial charge in [-0.25, -0.2) is 4.39 Å². The Hall–Kier alpha value is -1.68. The van der Waals surface area contributed by atoms with Gasteiger partial charge in [-0.1, -0.05) is 32.6 Å².